The molecule has 7 nitrogen and oxygen atoms in total. The average molecular weight is 524 g/mol. The molecule has 1 fully saturated rings. The minimum atomic E-state index is 0. The maximum Gasteiger partial charge on any atom is 0.191 e. The molecule has 2 N–H and O–H groups in total. The van der Waals surface area contributed by atoms with Crippen molar-refractivity contribution in [3.63, 3.8) is 0 Å². The maximum atomic E-state index is 5.16. The third-order valence-electron chi connectivity index (χ3n) is 5.81. The predicted molar refractivity (Wildman–Crippen MR) is 129 cm³/mol. The van der Waals surface area contributed by atoms with Crippen molar-refractivity contribution in [2.24, 2.45) is 10.4 Å². The standard InChI is InChI=1S/C22H32N6O.HI/c1-3-23-21(24-16-22(11-12-22)13-17-7-5-4-6-8-17)25-18-9-10-20-26-19(15-29-2)27-28(20)14-18;/h4-8,18H,3,9-16H2,1-2H3,(H2,23,24,25);1H. The second-order valence-electron chi connectivity index (χ2n) is 8.30. The van der Waals surface area contributed by atoms with Gasteiger partial charge < -0.3 is 15.4 Å². The molecule has 164 valence electrons. The van der Waals surface area contributed by atoms with Gasteiger partial charge in [-0.3, -0.25) is 4.99 Å². The van der Waals surface area contributed by atoms with Crippen LogP contribution in [0.4, 0.5) is 0 Å². The van der Waals surface area contributed by atoms with Crippen LogP contribution in [0.1, 0.15) is 43.4 Å². The minimum Gasteiger partial charge on any atom is -0.377 e. The van der Waals surface area contributed by atoms with Crippen molar-refractivity contribution in [1.82, 2.24) is 25.4 Å². The zero-order valence-electron chi connectivity index (χ0n) is 17.9. The lowest BCUT2D eigenvalue weighted by atomic mass is 9.97. The Morgan fingerprint density at radius 2 is 2.10 bits per heavy atom. The van der Waals surface area contributed by atoms with E-state index in [1.165, 1.54) is 18.4 Å². The van der Waals surface area contributed by atoms with E-state index in [2.05, 4.69) is 58.0 Å². The van der Waals surface area contributed by atoms with Crippen LogP contribution in [0.25, 0.3) is 0 Å². The molecular weight excluding hydrogens is 491 g/mol. The Morgan fingerprint density at radius 3 is 2.80 bits per heavy atom. The van der Waals surface area contributed by atoms with Crippen LogP contribution in [0.2, 0.25) is 0 Å². The van der Waals surface area contributed by atoms with Gasteiger partial charge in [0.15, 0.2) is 11.8 Å². The van der Waals surface area contributed by atoms with Crippen LogP contribution in [0.15, 0.2) is 35.3 Å². The lowest BCUT2D eigenvalue weighted by molar-refractivity contribution is 0.177. The van der Waals surface area contributed by atoms with Gasteiger partial charge in [-0.1, -0.05) is 30.3 Å². The van der Waals surface area contributed by atoms with E-state index in [0.717, 1.165) is 56.5 Å². The van der Waals surface area contributed by atoms with Crippen molar-refractivity contribution in [1.29, 1.82) is 0 Å². The summed E-state index contributed by atoms with van der Waals surface area (Å²) in [7, 11) is 1.67. The number of aliphatic imine (C=N–C) groups is 1. The van der Waals surface area contributed by atoms with E-state index in [4.69, 9.17) is 9.73 Å². The van der Waals surface area contributed by atoms with Crippen LogP contribution >= 0.6 is 24.0 Å². The van der Waals surface area contributed by atoms with E-state index in [-0.39, 0.29) is 24.0 Å². The van der Waals surface area contributed by atoms with E-state index in [1.807, 2.05) is 4.68 Å². The summed E-state index contributed by atoms with van der Waals surface area (Å²) >= 11 is 0. The molecule has 30 heavy (non-hydrogen) atoms. The lowest BCUT2D eigenvalue weighted by Crippen LogP contribution is -2.47. The van der Waals surface area contributed by atoms with Crippen LogP contribution in [0, 0.1) is 5.41 Å². The number of aryl methyl sites for hydroxylation is 1. The van der Waals surface area contributed by atoms with Gasteiger partial charge in [-0.05, 0) is 43.6 Å². The number of hydrogen-bond acceptors (Lipinski definition) is 4. The zero-order valence-corrected chi connectivity index (χ0v) is 20.3. The summed E-state index contributed by atoms with van der Waals surface area (Å²) in [5.74, 6) is 2.73. The lowest BCUT2D eigenvalue weighted by Gasteiger charge is -2.25. The first-order chi connectivity index (χ1) is 14.2. The number of aromatic nitrogens is 3. The number of guanidine groups is 1. The molecule has 4 rings (SSSR count). The molecule has 1 unspecified atom stereocenters. The third-order valence-corrected chi connectivity index (χ3v) is 5.81. The summed E-state index contributed by atoms with van der Waals surface area (Å²) in [5.41, 5.74) is 1.75. The molecular formula is C22H33IN6O. The van der Waals surface area contributed by atoms with Gasteiger partial charge in [-0.15, -0.1) is 24.0 Å². The van der Waals surface area contributed by atoms with Gasteiger partial charge in [0.1, 0.15) is 12.4 Å². The van der Waals surface area contributed by atoms with Crippen molar-refractivity contribution >= 4 is 29.9 Å². The highest BCUT2D eigenvalue weighted by atomic mass is 127. The monoisotopic (exact) mass is 524 g/mol. The predicted octanol–water partition coefficient (Wildman–Crippen LogP) is 2.94. The SMILES string of the molecule is CCNC(=NCC1(Cc2ccccc2)CC1)NC1CCc2nc(COC)nn2C1.I. The Labute approximate surface area is 196 Å². The van der Waals surface area contributed by atoms with Gasteiger partial charge in [-0.25, -0.2) is 9.67 Å². The number of hydrogen-bond donors (Lipinski definition) is 2. The molecule has 1 aromatic heterocycles. The number of nitrogens with one attached hydrogen (secondary N) is 2. The Morgan fingerprint density at radius 1 is 1.30 bits per heavy atom. The molecule has 0 radical (unpaired) electrons. The highest BCUT2D eigenvalue weighted by Crippen LogP contribution is 2.48. The van der Waals surface area contributed by atoms with Gasteiger partial charge in [-0.2, -0.15) is 5.10 Å². The van der Waals surface area contributed by atoms with Crippen molar-refractivity contribution < 1.29 is 4.74 Å². The number of halogens is 1. The van der Waals surface area contributed by atoms with Crippen LogP contribution in [0.5, 0.6) is 0 Å². The van der Waals surface area contributed by atoms with Crippen LogP contribution in [-0.2, 0) is 30.7 Å². The minimum absolute atomic E-state index is 0. The smallest absolute Gasteiger partial charge is 0.191 e. The summed E-state index contributed by atoms with van der Waals surface area (Å²) in [6, 6.07) is 11.1. The first kappa shape index (κ1) is 23.0. The summed E-state index contributed by atoms with van der Waals surface area (Å²) in [6.07, 6.45) is 5.60. The van der Waals surface area contributed by atoms with Gasteiger partial charge in [0.05, 0.1) is 6.54 Å². The van der Waals surface area contributed by atoms with Crippen molar-refractivity contribution in [3.05, 3.63) is 47.5 Å². The Bertz CT molecular complexity index is 833. The Kier molecular flexibility index (Phi) is 8.10. The summed E-state index contributed by atoms with van der Waals surface area (Å²) in [6.45, 7) is 5.12. The zero-order chi connectivity index (χ0) is 20.1. The largest absolute Gasteiger partial charge is 0.377 e. The molecule has 0 spiro atoms. The number of nitrogens with zero attached hydrogens (tertiary/aromatic N) is 4. The Balaban J connectivity index is 0.00000256. The van der Waals surface area contributed by atoms with E-state index < -0.39 is 0 Å². The molecule has 1 aliphatic carbocycles. The highest BCUT2D eigenvalue weighted by Gasteiger charge is 2.42. The molecule has 8 heteroatoms. The van der Waals surface area contributed by atoms with E-state index >= 15 is 0 Å². The molecule has 1 aliphatic heterocycles. The van der Waals surface area contributed by atoms with Gasteiger partial charge in [0.2, 0.25) is 0 Å². The topological polar surface area (TPSA) is 76.4 Å². The molecule has 1 saturated carbocycles. The third kappa shape index (κ3) is 5.94. The molecule has 1 aromatic carbocycles. The number of benzene rings is 1. The molecule has 0 saturated heterocycles. The number of methoxy groups -OCH3 is 1. The fourth-order valence-corrected chi connectivity index (χ4v) is 4.03. The van der Waals surface area contributed by atoms with Crippen molar-refractivity contribution in [3.8, 4) is 0 Å². The molecule has 0 bridgehead atoms. The van der Waals surface area contributed by atoms with Crippen molar-refractivity contribution in [2.45, 2.75) is 58.2 Å². The van der Waals surface area contributed by atoms with E-state index in [0.29, 0.717) is 18.1 Å². The molecule has 2 heterocycles. The average Bonchev–Trinajstić information content (AvgIpc) is 3.37. The quantitative estimate of drug-likeness (QED) is 0.316. The summed E-state index contributed by atoms with van der Waals surface area (Å²) in [4.78, 5) is 9.52. The van der Waals surface area contributed by atoms with Gasteiger partial charge >= 0.3 is 0 Å². The van der Waals surface area contributed by atoms with Gasteiger partial charge in [0.25, 0.3) is 0 Å². The normalized spacial score (nSPS) is 19.5. The van der Waals surface area contributed by atoms with E-state index in [9.17, 15) is 0 Å². The van der Waals surface area contributed by atoms with Crippen LogP contribution < -0.4 is 10.6 Å². The van der Waals surface area contributed by atoms with Crippen LogP contribution in [0.3, 0.4) is 0 Å². The molecule has 2 aliphatic rings. The van der Waals surface area contributed by atoms with E-state index in [1.54, 1.807) is 7.11 Å². The summed E-state index contributed by atoms with van der Waals surface area (Å²) in [5, 5.41) is 11.6. The maximum absolute atomic E-state index is 5.16. The second kappa shape index (κ2) is 10.6. The number of rotatable bonds is 8. The number of fused-ring (bicyclic) bond motifs is 1. The van der Waals surface area contributed by atoms with Gasteiger partial charge in [0, 0.05) is 32.7 Å². The first-order valence-electron chi connectivity index (χ1n) is 10.7. The molecule has 2 aromatic rings. The molecule has 0 amide bonds. The fourth-order valence-electron chi connectivity index (χ4n) is 4.03. The molecule has 1 atom stereocenters. The summed E-state index contributed by atoms with van der Waals surface area (Å²) < 4.78 is 7.17. The second-order valence-corrected chi connectivity index (χ2v) is 8.30. The number of ether oxygens (including phenoxy) is 1. The highest BCUT2D eigenvalue weighted by molar-refractivity contribution is 14.0. The Hall–Kier alpha value is -1.68. The fraction of sp³-hybridized carbons (Fsp3) is 0.591. The van der Waals surface area contributed by atoms with Crippen LogP contribution in [-0.4, -0.2) is 47.0 Å². The first-order valence-corrected chi connectivity index (χ1v) is 10.7. The van der Waals surface area contributed by atoms with Crippen molar-refractivity contribution in [2.75, 3.05) is 20.2 Å².